The maximum atomic E-state index is 11.0. The molecular weight excluding hydrogens is 210 g/mol. The van der Waals surface area contributed by atoms with Crippen LogP contribution in [0.3, 0.4) is 0 Å². The van der Waals surface area contributed by atoms with Crippen LogP contribution in [0.5, 0.6) is 0 Å². The highest BCUT2D eigenvalue weighted by atomic mass is 32.2. The van der Waals surface area contributed by atoms with Crippen molar-refractivity contribution in [1.82, 2.24) is 5.32 Å². The Morgan fingerprint density at radius 2 is 2.07 bits per heavy atom. The Balaban J connectivity index is 2.26. The summed E-state index contributed by atoms with van der Waals surface area (Å²) in [6.45, 7) is 4.35. The van der Waals surface area contributed by atoms with Crippen LogP contribution in [0.4, 0.5) is 0 Å². The van der Waals surface area contributed by atoms with E-state index >= 15 is 0 Å². The van der Waals surface area contributed by atoms with Gasteiger partial charge in [0.05, 0.1) is 5.75 Å². The van der Waals surface area contributed by atoms with Crippen LogP contribution < -0.4 is 5.32 Å². The number of hydrogen-bond donors (Lipinski definition) is 1. The van der Waals surface area contributed by atoms with Crippen LogP contribution >= 0.6 is 0 Å². The molecule has 1 fully saturated rings. The molecule has 1 N–H and O–H groups in total. The quantitative estimate of drug-likeness (QED) is 0.784. The van der Waals surface area contributed by atoms with Crippen LogP contribution in [0.15, 0.2) is 0 Å². The van der Waals surface area contributed by atoms with Crippen LogP contribution in [-0.4, -0.2) is 32.5 Å². The molecule has 0 amide bonds. The zero-order chi connectivity index (χ0) is 11.5. The first-order chi connectivity index (χ1) is 6.88. The Hall–Kier alpha value is -0.0900. The third-order valence-electron chi connectivity index (χ3n) is 3.28. The Bertz CT molecular complexity index is 287. The topological polar surface area (TPSA) is 46.2 Å². The van der Waals surface area contributed by atoms with E-state index in [2.05, 4.69) is 19.2 Å². The van der Waals surface area contributed by atoms with Gasteiger partial charge in [0.1, 0.15) is 9.84 Å². The Labute approximate surface area is 93.6 Å². The summed E-state index contributed by atoms with van der Waals surface area (Å²) < 4.78 is 22.0. The second-order valence-electron chi connectivity index (χ2n) is 5.00. The van der Waals surface area contributed by atoms with Crippen molar-refractivity contribution in [3.8, 4) is 0 Å². The minimum absolute atomic E-state index is 0.294. The molecule has 90 valence electrons. The van der Waals surface area contributed by atoms with Gasteiger partial charge >= 0.3 is 0 Å². The average Bonchev–Trinajstić information content (AvgIpc) is 2.47. The lowest BCUT2D eigenvalue weighted by atomic mass is 10.1. The van der Waals surface area contributed by atoms with Gasteiger partial charge in [-0.05, 0) is 32.1 Å². The number of nitrogens with one attached hydrogen (secondary N) is 1. The van der Waals surface area contributed by atoms with Gasteiger partial charge in [0.15, 0.2) is 0 Å². The van der Waals surface area contributed by atoms with Gasteiger partial charge in [-0.2, -0.15) is 0 Å². The van der Waals surface area contributed by atoms with Crippen molar-refractivity contribution in [2.24, 2.45) is 5.92 Å². The smallest absolute Gasteiger partial charge is 0.147 e. The third kappa shape index (κ3) is 4.98. The molecule has 3 atom stereocenters. The lowest BCUT2D eigenvalue weighted by Gasteiger charge is -2.22. The van der Waals surface area contributed by atoms with Crippen molar-refractivity contribution >= 4 is 9.84 Å². The molecule has 0 aromatic rings. The molecular formula is C11H23NO2S. The van der Waals surface area contributed by atoms with Gasteiger partial charge in [-0.15, -0.1) is 0 Å². The van der Waals surface area contributed by atoms with Gasteiger partial charge in [0.25, 0.3) is 0 Å². The summed E-state index contributed by atoms with van der Waals surface area (Å²) >= 11 is 0. The molecule has 0 heterocycles. The largest absolute Gasteiger partial charge is 0.311 e. The molecule has 0 bridgehead atoms. The molecule has 3 nitrogen and oxygen atoms in total. The van der Waals surface area contributed by atoms with Crippen LogP contribution in [0.2, 0.25) is 0 Å². The normalized spacial score (nSPS) is 29.3. The summed E-state index contributed by atoms with van der Waals surface area (Å²) in [5.74, 6) is 1.04. The lowest BCUT2D eigenvalue weighted by Crippen LogP contribution is -2.38. The summed E-state index contributed by atoms with van der Waals surface area (Å²) in [6.07, 6.45) is 5.87. The van der Waals surface area contributed by atoms with E-state index in [4.69, 9.17) is 0 Å². The van der Waals surface area contributed by atoms with Gasteiger partial charge in [-0.25, -0.2) is 8.42 Å². The maximum absolute atomic E-state index is 11.0. The minimum Gasteiger partial charge on any atom is -0.311 e. The fourth-order valence-electron chi connectivity index (χ4n) is 2.23. The number of sulfone groups is 1. The molecule has 3 unspecified atom stereocenters. The molecule has 0 radical (unpaired) electrons. The Morgan fingerprint density at radius 3 is 2.53 bits per heavy atom. The SMILES string of the molecule is CC(CCS(C)(=O)=O)NC1CCCC1C. The van der Waals surface area contributed by atoms with Crippen molar-refractivity contribution in [2.75, 3.05) is 12.0 Å². The highest BCUT2D eigenvalue weighted by Crippen LogP contribution is 2.25. The van der Waals surface area contributed by atoms with E-state index in [0.717, 1.165) is 12.3 Å². The van der Waals surface area contributed by atoms with Crippen molar-refractivity contribution in [1.29, 1.82) is 0 Å². The fourth-order valence-corrected chi connectivity index (χ4v) is 3.01. The van der Waals surface area contributed by atoms with Gasteiger partial charge in [0, 0.05) is 18.3 Å². The first-order valence-electron chi connectivity index (χ1n) is 5.82. The van der Waals surface area contributed by atoms with Gasteiger partial charge < -0.3 is 5.32 Å². The van der Waals surface area contributed by atoms with Crippen molar-refractivity contribution in [2.45, 2.75) is 51.6 Å². The van der Waals surface area contributed by atoms with Crippen LogP contribution in [-0.2, 0) is 9.84 Å². The van der Waals surface area contributed by atoms with Gasteiger partial charge in [0.2, 0.25) is 0 Å². The molecule has 1 aliphatic rings. The molecule has 0 aliphatic heterocycles. The van der Waals surface area contributed by atoms with E-state index in [1.807, 2.05) is 0 Å². The highest BCUT2D eigenvalue weighted by Gasteiger charge is 2.24. The predicted octanol–water partition coefficient (Wildman–Crippen LogP) is 1.59. The first kappa shape index (κ1) is 13.0. The second-order valence-corrected chi connectivity index (χ2v) is 7.26. The number of rotatable bonds is 5. The van der Waals surface area contributed by atoms with Crippen molar-refractivity contribution in [3.63, 3.8) is 0 Å². The molecule has 0 aromatic carbocycles. The summed E-state index contributed by atoms with van der Waals surface area (Å²) in [7, 11) is -2.81. The average molecular weight is 233 g/mol. The van der Waals surface area contributed by atoms with E-state index in [9.17, 15) is 8.42 Å². The zero-order valence-electron chi connectivity index (χ0n) is 9.99. The summed E-state index contributed by atoms with van der Waals surface area (Å²) in [6, 6.07) is 0.907. The van der Waals surface area contributed by atoms with Gasteiger partial charge in [-0.3, -0.25) is 0 Å². The van der Waals surface area contributed by atoms with Crippen LogP contribution in [0.25, 0.3) is 0 Å². The molecule has 1 aliphatic carbocycles. The summed E-state index contributed by atoms with van der Waals surface area (Å²) in [4.78, 5) is 0. The maximum Gasteiger partial charge on any atom is 0.147 e. The van der Waals surface area contributed by atoms with E-state index < -0.39 is 9.84 Å². The summed E-state index contributed by atoms with van der Waals surface area (Å²) in [5, 5.41) is 3.54. The van der Waals surface area contributed by atoms with E-state index in [1.165, 1.54) is 25.5 Å². The standard InChI is InChI=1S/C11H23NO2S/c1-9-5-4-6-11(9)12-10(2)7-8-15(3,13)14/h9-12H,4-8H2,1-3H3. The van der Waals surface area contributed by atoms with Crippen molar-refractivity contribution in [3.05, 3.63) is 0 Å². The van der Waals surface area contributed by atoms with E-state index in [1.54, 1.807) is 0 Å². The third-order valence-corrected chi connectivity index (χ3v) is 4.26. The van der Waals surface area contributed by atoms with Crippen LogP contribution in [0, 0.1) is 5.92 Å². The predicted molar refractivity (Wildman–Crippen MR) is 63.7 cm³/mol. The molecule has 4 heteroatoms. The van der Waals surface area contributed by atoms with Crippen LogP contribution in [0.1, 0.15) is 39.5 Å². The van der Waals surface area contributed by atoms with E-state index in [0.29, 0.717) is 17.8 Å². The molecule has 0 spiro atoms. The zero-order valence-corrected chi connectivity index (χ0v) is 10.8. The van der Waals surface area contributed by atoms with Gasteiger partial charge in [-0.1, -0.05) is 13.3 Å². The second kappa shape index (κ2) is 5.30. The first-order valence-corrected chi connectivity index (χ1v) is 7.88. The lowest BCUT2D eigenvalue weighted by molar-refractivity contribution is 0.378. The monoisotopic (exact) mass is 233 g/mol. The fraction of sp³-hybridized carbons (Fsp3) is 1.00. The molecule has 15 heavy (non-hydrogen) atoms. The number of hydrogen-bond acceptors (Lipinski definition) is 3. The Kier molecular flexibility index (Phi) is 4.59. The molecule has 1 rings (SSSR count). The van der Waals surface area contributed by atoms with Crippen molar-refractivity contribution < 1.29 is 8.42 Å². The molecule has 1 saturated carbocycles. The highest BCUT2D eigenvalue weighted by molar-refractivity contribution is 7.90. The summed E-state index contributed by atoms with van der Waals surface area (Å²) in [5.41, 5.74) is 0. The minimum atomic E-state index is -2.81. The Morgan fingerprint density at radius 1 is 1.40 bits per heavy atom. The molecule has 0 saturated heterocycles. The molecule has 0 aromatic heterocycles. The van der Waals surface area contributed by atoms with E-state index in [-0.39, 0.29) is 0 Å².